The normalized spacial score (nSPS) is 20.2. The molecule has 2 bridgehead atoms. The lowest BCUT2D eigenvalue weighted by atomic mass is 9.87. The summed E-state index contributed by atoms with van der Waals surface area (Å²) in [4.78, 5) is 45.0. The lowest BCUT2D eigenvalue weighted by Gasteiger charge is -2.35. The Bertz CT molecular complexity index is 1900. The molecule has 0 saturated heterocycles. The molecule has 220 valence electrons. The second-order valence-electron chi connectivity index (χ2n) is 13.2. The molecule has 1 aliphatic carbocycles. The van der Waals surface area contributed by atoms with Gasteiger partial charge in [0.2, 0.25) is 5.95 Å². The highest BCUT2D eigenvalue weighted by Gasteiger charge is 2.48. The van der Waals surface area contributed by atoms with Gasteiger partial charge in [-0.2, -0.15) is 4.98 Å². The van der Waals surface area contributed by atoms with Crippen LogP contribution >= 0.6 is 0 Å². The zero-order valence-corrected chi connectivity index (χ0v) is 24.6. The first-order valence-electron chi connectivity index (χ1n) is 14.9. The molecule has 11 nitrogen and oxygen atoms in total. The number of pyridine rings is 1. The third kappa shape index (κ3) is 4.32. The Morgan fingerprint density at radius 3 is 2.72 bits per heavy atom. The zero-order valence-electron chi connectivity index (χ0n) is 24.6. The molecule has 0 atom stereocenters. The number of allylic oxidation sites excluding steroid dienone is 2. The average molecular weight is 579 g/mol. The quantitative estimate of drug-likeness (QED) is 0.357. The molecule has 0 unspecified atom stereocenters. The van der Waals surface area contributed by atoms with Crippen LogP contribution in [0.1, 0.15) is 44.2 Å². The third-order valence-electron chi connectivity index (χ3n) is 9.13. The van der Waals surface area contributed by atoms with Crippen molar-refractivity contribution in [2.45, 2.75) is 51.6 Å². The number of rotatable bonds is 2. The summed E-state index contributed by atoms with van der Waals surface area (Å²) in [6.45, 7) is 7.07. The fourth-order valence-corrected chi connectivity index (χ4v) is 6.88. The molecule has 1 amide bonds. The van der Waals surface area contributed by atoms with Gasteiger partial charge in [0.15, 0.2) is 29.6 Å². The van der Waals surface area contributed by atoms with Crippen LogP contribution in [0.25, 0.3) is 16.9 Å². The van der Waals surface area contributed by atoms with Gasteiger partial charge in [-0.05, 0) is 67.1 Å². The van der Waals surface area contributed by atoms with Crippen LogP contribution in [0.3, 0.4) is 0 Å². The maximum Gasteiger partial charge on any atom is 0.278 e. The van der Waals surface area contributed by atoms with E-state index in [1.165, 1.54) is 24.0 Å². The predicted octanol–water partition coefficient (Wildman–Crippen LogP) is 3.91. The molecule has 6 heterocycles. The van der Waals surface area contributed by atoms with Crippen LogP contribution in [0, 0.1) is 5.41 Å². The number of nitrogens with one attached hydrogen (secondary N) is 1. The van der Waals surface area contributed by atoms with E-state index >= 15 is 0 Å². The number of carbonyl (C=O) groups excluding carboxylic acids is 1. The van der Waals surface area contributed by atoms with Gasteiger partial charge in [-0.15, -0.1) is 0 Å². The Morgan fingerprint density at radius 1 is 1.02 bits per heavy atom. The average Bonchev–Trinajstić information content (AvgIpc) is 3.68. The van der Waals surface area contributed by atoms with Crippen LogP contribution in [-0.2, 0) is 23.3 Å². The van der Waals surface area contributed by atoms with Gasteiger partial charge in [0.25, 0.3) is 11.5 Å². The van der Waals surface area contributed by atoms with Gasteiger partial charge < -0.3 is 15.0 Å². The lowest BCUT2D eigenvalue weighted by Crippen LogP contribution is -2.44. The van der Waals surface area contributed by atoms with E-state index in [1.54, 1.807) is 26.5 Å². The fraction of sp³-hybridized carbons (Fsp3) is 0.406. The first-order valence-corrected chi connectivity index (χ1v) is 14.9. The minimum Gasteiger partial charge on any atom is -0.480 e. The standard InChI is InChI=1S/C32H34N8O3/c1-31(2)10-4-5-13-39-29(42)22-15-33-30(34-21-6-7-23-20(14-21)16-37(3)19-32(23)11-12-32)36-27(22)40(39)25-9-8-24-28(35-25)38(18-31)26(41)17-43-24/h4-9,14-15H,10-13,16-19H2,1-3H3,(H,33,34,36). The van der Waals surface area contributed by atoms with Crippen molar-refractivity contribution in [2.75, 3.05) is 37.0 Å². The monoisotopic (exact) mass is 578 g/mol. The van der Waals surface area contributed by atoms with E-state index in [4.69, 9.17) is 14.7 Å². The Morgan fingerprint density at radius 2 is 1.88 bits per heavy atom. The summed E-state index contributed by atoms with van der Waals surface area (Å²) in [6, 6.07) is 10.1. The number of nitrogens with zero attached hydrogens (tertiary/aromatic N) is 7. The van der Waals surface area contributed by atoms with Gasteiger partial charge in [-0.25, -0.2) is 19.3 Å². The van der Waals surface area contributed by atoms with Crippen LogP contribution in [-0.4, -0.2) is 61.9 Å². The number of fused-ring (bicyclic) bond motifs is 7. The predicted molar refractivity (Wildman–Crippen MR) is 163 cm³/mol. The van der Waals surface area contributed by atoms with E-state index in [1.807, 2.05) is 12.1 Å². The van der Waals surface area contributed by atoms with Gasteiger partial charge in [-0.1, -0.05) is 32.1 Å². The summed E-state index contributed by atoms with van der Waals surface area (Å²) in [5.74, 6) is 1.71. The van der Waals surface area contributed by atoms with Crippen LogP contribution in [0.2, 0.25) is 0 Å². The highest BCUT2D eigenvalue weighted by atomic mass is 16.5. The number of carbonyl (C=O) groups is 1. The zero-order chi connectivity index (χ0) is 29.5. The number of hydrogen-bond acceptors (Lipinski definition) is 8. The number of hydrogen-bond donors (Lipinski definition) is 1. The van der Waals surface area contributed by atoms with Crippen LogP contribution in [0.5, 0.6) is 5.75 Å². The Balaban J connectivity index is 1.23. The molecule has 1 spiro atoms. The highest BCUT2D eigenvalue weighted by Crippen LogP contribution is 2.52. The maximum atomic E-state index is 13.7. The summed E-state index contributed by atoms with van der Waals surface area (Å²) in [6.07, 6.45) is 8.85. The Kier molecular flexibility index (Phi) is 5.62. The van der Waals surface area contributed by atoms with Crippen molar-refractivity contribution >= 4 is 34.4 Å². The van der Waals surface area contributed by atoms with Gasteiger partial charge in [0.1, 0.15) is 5.39 Å². The maximum absolute atomic E-state index is 13.7. The van der Waals surface area contributed by atoms with Crippen LogP contribution < -0.4 is 20.5 Å². The molecule has 1 fully saturated rings. The number of aromatic nitrogens is 5. The molecule has 8 rings (SSSR count). The Labute approximate surface area is 248 Å². The summed E-state index contributed by atoms with van der Waals surface area (Å²) in [7, 11) is 2.18. The van der Waals surface area contributed by atoms with E-state index in [0.717, 1.165) is 25.2 Å². The second kappa shape index (κ2) is 9.24. The molecule has 43 heavy (non-hydrogen) atoms. The summed E-state index contributed by atoms with van der Waals surface area (Å²) in [5.41, 5.74) is 4.03. The largest absolute Gasteiger partial charge is 0.480 e. The van der Waals surface area contributed by atoms with Crippen molar-refractivity contribution in [3.05, 3.63) is 70.2 Å². The van der Waals surface area contributed by atoms with Crippen molar-refractivity contribution in [2.24, 2.45) is 5.41 Å². The highest BCUT2D eigenvalue weighted by molar-refractivity contribution is 5.97. The molecule has 1 saturated carbocycles. The van der Waals surface area contributed by atoms with Crippen molar-refractivity contribution in [1.82, 2.24) is 29.2 Å². The number of benzene rings is 1. The SMILES string of the molecule is CN1Cc2cc(Nc3ncc4c(=O)n5n(c4n3)-c3ccc4c(n3)N(CC(C)(C)CC=CC5)C(=O)CO4)ccc2C2(CC2)C1. The van der Waals surface area contributed by atoms with Crippen molar-refractivity contribution in [3.8, 4) is 11.6 Å². The molecular formula is C32H34N8O3. The molecule has 1 N–H and O–H groups in total. The van der Waals surface area contributed by atoms with Crippen LogP contribution in [0.15, 0.2) is 53.5 Å². The summed E-state index contributed by atoms with van der Waals surface area (Å²) >= 11 is 0. The van der Waals surface area contributed by atoms with E-state index in [2.05, 4.69) is 60.4 Å². The van der Waals surface area contributed by atoms with Gasteiger partial charge in [-0.3, -0.25) is 14.5 Å². The molecule has 0 radical (unpaired) electrons. The number of anilines is 3. The first-order chi connectivity index (χ1) is 20.7. The number of likely N-dealkylation sites (N-methyl/N-ethyl adjacent to an activating group) is 1. The van der Waals surface area contributed by atoms with Crippen molar-refractivity contribution in [3.63, 3.8) is 0 Å². The van der Waals surface area contributed by atoms with E-state index in [9.17, 15) is 9.59 Å². The molecule has 4 aliphatic rings. The van der Waals surface area contributed by atoms with E-state index in [-0.39, 0.29) is 23.5 Å². The fourth-order valence-electron chi connectivity index (χ4n) is 6.88. The molecule has 3 aliphatic heterocycles. The lowest BCUT2D eigenvalue weighted by molar-refractivity contribution is -0.121. The van der Waals surface area contributed by atoms with Crippen molar-refractivity contribution in [1.29, 1.82) is 0 Å². The summed E-state index contributed by atoms with van der Waals surface area (Å²) in [5, 5.41) is 3.77. The molecule has 11 heteroatoms. The molecule has 4 aromatic rings. The molecule has 3 aromatic heterocycles. The third-order valence-corrected chi connectivity index (χ3v) is 9.13. The smallest absolute Gasteiger partial charge is 0.278 e. The van der Waals surface area contributed by atoms with Gasteiger partial charge in [0.05, 0.1) is 6.54 Å². The van der Waals surface area contributed by atoms with Gasteiger partial charge >= 0.3 is 0 Å². The minimum atomic E-state index is -0.210. The number of amides is 1. The molecule has 1 aromatic carbocycles. The minimum absolute atomic E-state index is 0.0284. The Hall–Kier alpha value is -4.51. The number of ether oxygens (including phenoxy) is 1. The van der Waals surface area contributed by atoms with Crippen molar-refractivity contribution < 1.29 is 9.53 Å². The van der Waals surface area contributed by atoms with Crippen LogP contribution in [0.4, 0.5) is 17.5 Å². The first kappa shape index (κ1) is 26.1. The van der Waals surface area contributed by atoms with E-state index in [0.29, 0.717) is 52.9 Å². The topological polar surface area (TPSA) is 110 Å². The second-order valence-corrected chi connectivity index (χ2v) is 13.2. The molecular weight excluding hydrogens is 544 g/mol. The van der Waals surface area contributed by atoms with Gasteiger partial charge in [0, 0.05) is 36.9 Å². The summed E-state index contributed by atoms with van der Waals surface area (Å²) < 4.78 is 9.07. The van der Waals surface area contributed by atoms with E-state index < -0.39 is 0 Å².